The van der Waals surface area contributed by atoms with Crippen LogP contribution in [-0.4, -0.2) is 21.2 Å². The number of carbonyl (C=O) groups is 1. The Hall–Kier alpha value is -2.56. The highest BCUT2D eigenvalue weighted by Crippen LogP contribution is 2.34. The van der Waals surface area contributed by atoms with Gasteiger partial charge in [-0.3, -0.25) is 0 Å². The van der Waals surface area contributed by atoms with Crippen LogP contribution in [0.1, 0.15) is 21.6 Å². The van der Waals surface area contributed by atoms with Crippen molar-refractivity contribution < 1.29 is 14.4 Å². The van der Waals surface area contributed by atoms with Crippen molar-refractivity contribution in [3.05, 3.63) is 41.2 Å². The molecule has 2 aromatic heterocycles. The second-order valence-electron chi connectivity index (χ2n) is 4.55. The van der Waals surface area contributed by atoms with Gasteiger partial charge in [0.1, 0.15) is 5.56 Å². The van der Waals surface area contributed by atoms with E-state index in [1.807, 2.05) is 32.0 Å². The van der Waals surface area contributed by atoms with Gasteiger partial charge < -0.3 is 14.6 Å². The Morgan fingerprint density at radius 3 is 2.89 bits per heavy atom. The number of aromatic carboxylic acids is 1. The summed E-state index contributed by atoms with van der Waals surface area (Å²) in [6.45, 7) is 3.88. The van der Waals surface area contributed by atoms with E-state index in [4.69, 9.17) is 9.63 Å². The molecule has 0 radical (unpaired) electrons. The third-order valence-corrected chi connectivity index (χ3v) is 3.17. The fourth-order valence-corrected chi connectivity index (χ4v) is 2.31. The maximum atomic E-state index is 11.2. The average molecular weight is 256 g/mol. The average Bonchev–Trinajstić information content (AvgIpc) is 2.91. The molecule has 2 N–H and O–H groups in total. The van der Waals surface area contributed by atoms with Crippen molar-refractivity contribution in [2.45, 2.75) is 13.8 Å². The van der Waals surface area contributed by atoms with Crippen LogP contribution in [0.25, 0.3) is 22.2 Å². The van der Waals surface area contributed by atoms with Crippen molar-refractivity contribution >= 4 is 16.9 Å². The summed E-state index contributed by atoms with van der Waals surface area (Å²) in [5.74, 6) is -0.750. The molecular formula is C14H12N2O3. The van der Waals surface area contributed by atoms with Gasteiger partial charge in [-0.15, -0.1) is 0 Å². The molecule has 3 aromatic rings. The lowest BCUT2D eigenvalue weighted by molar-refractivity contribution is 0.0697. The fraction of sp³-hybridized carbons (Fsp3) is 0.143. The normalized spacial score (nSPS) is 11.1. The molecule has 0 spiro atoms. The smallest absolute Gasteiger partial charge is 0.341 e. The van der Waals surface area contributed by atoms with Crippen molar-refractivity contribution in [2.24, 2.45) is 0 Å². The van der Waals surface area contributed by atoms with E-state index in [1.165, 1.54) is 6.20 Å². The van der Waals surface area contributed by atoms with E-state index in [0.717, 1.165) is 27.7 Å². The zero-order chi connectivity index (χ0) is 13.6. The number of aryl methyl sites for hydroxylation is 2. The highest BCUT2D eigenvalue weighted by atomic mass is 16.5. The van der Waals surface area contributed by atoms with Crippen LogP contribution in [0.5, 0.6) is 0 Å². The zero-order valence-electron chi connectivity index (χ0n) is 10.5. The van der Waals surface area contributed by atoms with Crippen molar-refractivity contribution in [2.75, 3.05) is 0 Å². The second-order valence-corrected chi connectivity index (χ2v) is 4.55. The minimum Gasteiger partial charge on any atom is -0.477 e. The lowest BCUT2D eigenvalue weighted by Gasteiger charge is -1.99. The van der Waals surface area contributed by atoms with Crippen LogP contribution in [0.3, 0.4) is 0 Å². The van der Waals surface area contributed by atoms with Crippen molar-refractivity contribution in [3.8, 4) is 11.3 Å². The Kier molecular flexibility index (Phi) is 2.41. The molecule has 0 aliphatic heterocycles. The minimum atomic E-state index is -1.04. The summed E-state index contributed by atoms with van der Waals surface area (Å²) in [6.07, 6.45) is 1.23. The summed E-state index contributed by atoms with van der Waals surface area (Å²) < 4.78 is 5.15. The number of hydrogen-bond acceptors (Lipinski definition) is 3. The molecule has 0 aliphatic rings. The SMILES string of the molecule is Cc1ccc2[nH]c(C)c(-c3oncc3C(=O)O)c2c1. The number of aromatic nitrogens is 2. The fourth-order valence-electron chi connectivity index (χ4n) is 2.31. The molecule has 0 atom stereocenters. The number of hydrogen-bond donors (Lipinski definition) is 2. The topological polar surface area (TPSA) is 79.1 Å². The highest BCUT2D eigenvalue weighted by Gasteiger charge is 2.22. The van der Waals surface area contributed by atoms with Gasteiger partial charge in [-0.05, 0) is 26.0 Å². The number of nitrogens with zero attached hydrogens (tertiary/aromatic N) is 1. The summed E-state index contributed by atoms with van der Waals surface area (Å²) in [6, 6.07) is 5.97. The summed E-state index contributed by atoms with van der Waals surface area (Å²) in [5.41, 5.74) is 3.74. The van der Waals surface area contributed by atoms with Gasteiger partial charge in [0, 0.05) is 22.2 Å². The molecule has 1 aromatic carbocycles. The molecule has 5 nitrogen and oxygen atoms in total. The van der Waals surface area contributed by atoms with Crippen LogP contribution in [0.15, 0.2) is 28.9 Å². The Morgan fingerprint density at radius 2 is 2.16 bits per heavy atom. The molecule has 0 bridgehead atoms. The van der Waals surface area contributed by atoms with E-state index in [0.29, 0.717) is 5.76 Å². The molecule has 0 aliphatic carbocycles. The predicted molar refractivity (Wildman–Crippen MR) is 70.2 cm³/mol. The Morgan fingerprint density at radius 1 is 1.37 bits per heavy atom. The summed E-state index contributed by atoms with van der Waals surface area (Å²) in [7, 11) is 0. The van der Waals surface area contributed by atoms with E-state index < -0.39 is 5.97 Å². The molecule has 0 unspecified atom stereocenters. The Balaban J connectivity index is 2.35. The van der Waals surface area contributed by atoms with Gasteiger partial charge in [-0.1, -0.05) is 16.8 Å². The largest absolute Gasteiger partial charge is 0.477 e. The van der Waals surface area contributed by atoms with E-state index in [-0.39, 0.29) is 5.56 Å². The first-order chi connectivity index (χ1) is 9.08. The third-order valence-electron chi connectivity index (χ3n) is 3.17. The maximum Gasteiger partial charge on any atom is 0.341 e. The van der Waals surface area contributed by atoms with Gasteiger partial charge in [0.15, 0.2) is 5.76 Å². The molecule has 0 saturated heterocycles. The van der Waals surface area contributed by atoms with Gasteiger partial charge in [0.2, 0.25) is 0 Å². The maximum absolute atomic E-state index is 11.2. The third kappa shape index (κ3) is 1.71. The molecule has 0 amide bonds. The van der Waals surface area contributed by atoms with Gasteiger partial charge >= 0.3 is 5.97 Å². The quantitative estimate of drug-likeness (QED) is 0.738. The molecule has 5 heteroatoms. The molecule has 96 valence electrons. The van der Waals surface area contributed by atoms with Crippen LogP contribution in [0.2, 0.25) is 0 Å². The van der Waals surface area contributed by atoms with E-state index in [2.05, 4.69) is 10.1 Å². The van der Waals surface area contributed by atoms with E-state index in [1.54, 1.807) is 0 Å². The molecule has 2 heterocycles. The number of carboxylic acids is 1. The number of nitrogens with one attached hydrogen (secondary N) is 1. The van der Waals surface area contributed by atoms with Crippen molar-refractivity contribution in [3.63, 3.8) is 0 Å². The van der Waals surface area contributed by atoms with Crippen LogP contribution < -0.4 is 0 Å². The molecular weight excluding hydrogens is 244 g/mol. The zero-order valence-corrected chi connectivity index (χ0v) is 10.5. The number of aromatic amines is 1. The number of fused-ring (bicyclic) bond motifs is 1. The molecule has 0 fully saturated rings. The monoisotopic (exact) mass is 256 g/mol. The Bertz CT molecular complexity index is 783. The molecule has 0 saturated carbocycles. The van der Waals surface area contributed by atoms with Crippen molar-refractivity contribution in [1.82, 2.24) is 10.1 Å². The van der Waals surface area contributed by atoms with Gasteiger partial charge in [-0.25, -0.2) is 4.79 Å². The first-order valence-electron chi connectivity index (χ1n) is 5.85. The van der Waals surface area contributed by atoms with Crippen LogP contribution in [0, 0.1) is 13.8 Å². The standard InChI is InChI=1S/C14H12N2O3/c1-7-3-4-11-9(5-7)12(8(2)16-11)13-10(14(17)18)6-15-19-13/h3-6,16H,1-2H3,(H,17,18). The summed E-state index contributed by atoms with van der Waals surface area (Å²) >= 11 is 0. The predicted octanol–water partition coefficient (Wildman–Crippen LogP) is 3.14. The minimum absolute atomic E-state index is 0.0745. The van der Waals surface area contributed by atoms with Gasteiger partial charge in [-0.2, -0.15) is 0 Å². The van der Waals surface area contributed by atoms with Gasteiger partial charge in [0.05, 0.1) is 6.20 Å². The number of rotatable bonds is 2. The number of H-pyrrole nitrogens is 1. The lowest BCUT2D eigenvalue weighted by atomic mass is 10.0. The van der Waals surface area contributed by atoms with E-state index in [9.17, 15) is 4.79 Å². The first kappa shape index (κ1) is 11.5. The Labute approximate surface area is 108 Å². The lowest BCUT2D eigenvalue weighted by Crippen LogP contribution is -1.96. The number of carboxylic acid groups (broad SMARTS) is 1. The second kappa shape index (κ2) is 3.98. The van der Waals surface area contributed by atoms with Crippen molar-refractivity contribution in [1.29, 1.82) is 0 Å². The summed E-state index contributed by atoms with van der Waals surface area (Å²) in [5, 5.41) is 13.7. The van der Waals surface area contributed by atoms with Crippen LogP contribution >= 0.6 is 0 Å². The van der Waals surface area contributed by atoms with E-state index >= 15 is 0 Å². The van der Waals surface area contributed by atoms with Crippen LogP contribution in [0.4, 0.5) is 0 Å². The highest BCUT2D eigenvalue weighted by molar-refractivity contribution is 6.02. The van der Waals surface area contributed by atoms with Crippen LogP contribution in [-0.2, 0) is 0 Å². The van der Waals surface area contributed by atoms with Gasteiger partial charge in [0.25, 0.3) is 0 Å². The first-order valence-corrected chi connectivity index (χ1v) is 5.85. The molecule has 3 rings (SSSR count). The summed E-state index contributed by atoms with van der Waals surface area (Å²) in [4.78, 5) is 14.4. The molecule has 19 heavy (non-hydrogen) atoms. The number of benzene rings is 1.